The quantitative estimate of drug-likeness (QED) is 0.471. The fourth-order valence-corrected chi connectivity index (χ4v) is 0.619. The van der Waals surface area contributed by atoms with Gasteiger partial charge in [-0.15, -0.1) is 0 Å². The van der Waals surface area contributed by atoms with E-state index < -0.39 is 0 Å². The monoisotopic (exact) mass is 98.1 g/mol. The standard InChI is InChI=1S/C6H10O/c1-5(2)3-6-4-7-6/h1,5-6H,3-4H2,2H3. The molecular formula is C6H10O. The zero-order chi connectivity index (χ0) is 5.28. The minimum atomic E-state index is 0.312. The number of rotatable bonds is 2. The van der Waals surface area contributed by atoms with Crippen molar-refractivity contribution in [1.29, 1.82) is 0 Å². The Hall–Kier alpha value is -0.0400. The Morgan fingerprint density at radius 2 is 2.57 bits per heavy atom. The molecule has 0 aliphatic carbocycles. The van der Waals surface area contributed by atoms with Crippen molar-refractivity contribution in [3.05, 3.63) is 6.92 Å². The summed E-state index contributed by atoms with van der Waals surface area (Å²) in [4.78, 5) is 0. The molecule has 0 saturated carbocycles. The van der Waals surface area contributed by atoms with E-state index >= 15 is 0 Å². The van der Waals surface area contributed by atoms with Crippen LogP contribution in [0, 0.1) is 12.8 Å². The highest BCUT2D eigenvalue weighted by Gasteiger charge is 2.22. The van der Waals surface area contributed by atoms with Crippen LogP contribution in [0.3, 0.4) is 0 Å². The third kappa shape index (κ3) is 1.93. The summed E-state index contributed by atoms with van der Waals surface area (Å²) in [5, 5.41) is 0. The van der Waals surface area contributed by atoms with Gasteiger partial charge in [-0.2, -0.15) is 0 Å². The first kappa shape index (κ1) is 5.10. The van der Waals surface area contributed by atoms with E-state index in [0.29, 0.717) is 12.0 Å². The van der Waals surface area contributed by atoms with Crippen molar-refractivity contribution in [2.75, 3.05) is 6.61 Å². The molecule has 0 bridgehead atoms. The minimum Gasteiger partial charge on any atom is -0.373 e. The first-order valence-corrected chi connectivity index (χ1v) is 2.66. The first-order chi connectivity index (χ1) is 3.29. The smallest absolute Gasteiger partial charge is 0.0812 e. The zero-order valence-electron chi connectivity index (χ0n) is 4.55. The van der Waals surface area contributed by atoms with Crippen LogP contribution in [0.2, 0.25) is 0 Å². The van der Waals surface area contributed by atoms with E-state index in [-0.39, 0.29) is 0 Å². The van der Waals surface area contributed by atoms with Crippen LogP contribution < -0.4 is 0 Å². The molecule has 0 aromatic rings. The van der Waals surface area contributed by atoms with Crippen molar-refractivity contribution in [3.63, 3.8) is 0 Å². The summed E-state index contributed by atoms with van der Waals surface area (Å²) < 4.78 is 4.94. The van der Waals surface area contributed by atoms with Gasteiger partial charge in [0, 0.05) is 0 Å². The summed E-state index contributed by atoms with van der Waals surface area (Å²) in [5.74, 6) is 0.312. The second-order valence-electron chi connectivity index (χ2n) is 2.17. The van der Waals surface area contributed by atoms with Crippen LogP contribution in [0.4, 0.5) is 0 Å². The summed E-state index contributed by atoms with van der Waals surface area (Å²) >= 11 is 0. The van der Waals surface area contributed by atoms with Gasteiger partial charge in [0.25, 0.3) is 0 Å². The van der Waals surface area contributed by atoms with Gasteiger partial charge < -0.3 is 4.74 Å². The van der Waals surface area contributed by atoms with Crippen LogP contribution >= 0.6 is 0 Å². The predicted molar refractivity (Wildman–Crippen MR) is 27.8 cm³/mol. The van der Waals surface area contributed by atoms with E-state index in [0.717, 1.165) is 13.0 Å². The number of epoxide rings is 1. The molecule has 1 aliphatic rings. The Balaban J connectivity index is 1.97. The Bertz CT molecular complexity index is 55.2. The van der Waals surface area contributed by atoms with E-state index in [9.17, 15) is 0 Å². The van der Waals surface area contributed by atoms with Crippen molar-refractivity contribution in [3.8, 4) is 0 Å². The zero-order valence-corrected chi connectivity index (χ0v) is 4.55. The van der Waals surface area contributed by atoms with Gasteiger partial charge in [0.2, 0.25) is 0 Å². The molecule has 7 heavy (non-hydrogen) atoms. The summed E-state index contributed by atoms with van der Waals surface area (Å²) in [5.41, 5.74) is 0. The maximum atomic E-state index is 5.45. The second kappa shape index (κ2) is 1.83. The molecule has 1 fully saturated rings. The largest absolute Gasteiger partial charge is 0.373 e. The molecule has 0 amide bonds. The molecule has 1 heteroatoms. The average molecular weight is 98.1 g/mol. The number of hydrogen-bond donors (Lipinski definition) is 0. The van der Waals surface area contributed by atoms with Crippen LogP contribution in [0.1, 0.15) is 13.3 Å². The lowest BCUT2D eigenvalue weighted by molar-refractivity contribution is 0.378. The molecule has 0 aromatic heterocycles. The van der Waals surface area contributed by atoms with Gasteiger partial charge in [0.15, 0.2) is 0 Å². The maximum absolute atomic E-state index is 5.45. The first-order valence-electron chi connectivity index (χ1n) is 2.66. The number of hydrogen-bond acceptors (Lipinski definition) is 1. The fraction of sp³-hybridized carbons (Fsp3) is 0.833. The molecular weight excluding hydrogens is 88.1 g/mol. The van der Waals surface area contributed by atoms with Gasteiger partial charge in [-0.3, -0.25) is 0 Å². The highest BCUT2D eigenvalue weighted by molar-refractivity contribution is 4.72. The lowest BCUT2D eigenvalue weighted by Crippen LogP contribution is -1.92. The molecule has 1 rings (SSSR count). The molecule has 2 radical (unpaired) electrons. The Labute approximate surface area is 44.7 Å². The molecule has 0 spiro atoms. The van der Waals surface area contributed by atoms with Crippen LogP contribution in [-0.4, -0.2) is 12.7 Å². The van der Waals surface area contributed by atoms with Gasteiger partial charge in [-0.1, -0.05) is 6.92 Å². The van der Waals surface area contributed by atoms with E-state index in [1.165, 1.54) is 0 Å². The van der Waals surface area contributed by atoms with Crippen molar-refractivity contribution in [1.82, 2.24) is 0 Å². The molecule has 0 N–H and O–H groups in total. The fourth-order valence-electron chi connectivity index (χ4n) is 0.619. The molecule has 2 unspecified atom stereocenters. The third-order valence-corrected chi connectivity index (χ3v) is 1.04. The van der Waals surface area contributed by atoms with Crippen molar-refractivity contribution >= 4 is 0 Å². The van der Waals surface area contributed by atoms with E-state index in [4.69, 9.17) is 11.7 Å². The van der Waals surface area contributed by atoms with E-state index in [1.807, 2.05) is 6.92 Å². The summed E-state index contributed by atoms with van der Waals surface area (Å²) in [6.07, 6.45) is 1.53. The number of ether oxygens (including phenoxy) is 1. The Morgan fingerprint density at radius 3 is 2.71 bits per heavy atom. The Morgan fingerprint density at radius 1 is 2.00 bits per heavy atom. The second-order valence-corrected chi connectivity index (χ2v) is 2.17. The Kier molecular flexibility index (Phi) is 1.33. The summed E-state index contributed by atoms with van der Waals surface area (Å²) in [7, 11) is 0. The van der Waals surface area contributed by atoms with E-state index in [2.05, 4.69) is 0 Å². The average Bonchev–Trinajstić information content (AvgIpc) is 2.17. The molecule has 1 nitrogen and oxygen atoms in total. The normalized spacial score (nSPS) is 28.7. The van der Waals surface area contributed by atoms with E-state index in [1.54, 1.807) is 0 Å². The molecule has 1 heterocycles. The van der Waals surface area contributed by atoms with Gasteiger partial charge in [-0.05, 0) is 19.3 Å². The molecule has 2 atom stereocenters. The van der Waals surface area contributed by atoms with Crippen LogP contribution in [0.15, 0.2) is 0 Å². The van der Waals surface area contributed by atoms with Crippen LogP contribution in [-0.2, 0) is 4.74 Å². The van der Waals surface area contributed by atoms with Gasteiger partial charge in [0.05, 0.1) is 12.7 Å². The minimum absolute atomic E-state index is 0.312. The van der Waals surface area contributed by atoms with Crippen molar-refractivity contribution < 1.29 is 4.74 Å². The summed E-state index contributed by atoms with van der Waals surface area (Å²) in [6, 6.07) is 0. The predicted octanol–water partition coefficient (Wildman–Crippen LogP) is 1.12. The van der Waals surface area contributed by atoms with Crippen LogP contribution in [0.5, 0.6) is 0 Å². The maximum Gasteiger partial charge on any atom is 0.0812 e. The lowest BCUT2D eigenvalue weighted by atomic mass is 10.1. The van der Waals surface area contributed by atoms with Gasteiger partial charge in [0.1, 0.15) is 0 Å². The summed E-state index contributed by atoms with van der Waals surface area (Å²) in [6.45, 7) is 8.39. The van der Waals surface area contributed by atoms with Crippen LogP contribution in [0.25, 0.3) is 0 Å². The molecule has 0 aromatic carbocycles. The third-order valence-electron chi connectivity index (χ3n) is 1.04. The molecule has 1 saturated heterocycles. The SMILES string of the molecule is [CH]C(C)CC1CO1. The van der Waals surface area contributed by atoms with Gasteiger partial charge >= 0.3 is 0 Å². The lowest BCUT2D eigenvalue weighted by Gasteiger charge is -1.95. The molecule has 1 aliphatic heterocycles. The highest BCUT2D eigenvalue weighted by atomic mass is 16.6. The van der Waals surface area contributed by atoms with Crippen molar-refractivity contribution in [2.45, 2.75) is 19.4 Å². The van der Waals surface area contributed by atoms with Crippen molar-refractivity contribution in [2.24, 2.45) is 5.92 Å². The topological polar surface area (TPSA) is 12.5 Å². The molecule has 40 valence electrons. The highest BCUT2D eigenvalue weighted by Crippen LogP contribution is 2.17. The van der Waals surface area contributed by atoms with Gasteiger partial charge in [-0.25, -0.2) is 0 Å².